The van der Waals surface area contributed by atoms with E-state index in [0.29, 0.717) is 35.1 Å². The van der Waals surface area contributed by atoms with Crippen LogP contribution < -0.4 is 10.1 Å². The Morgan fingerprint density at radius 1 is 0.906 bits per heavy atom. The maximum atomic E-state index is 12.4. The summed E-state index contributed by atoms with van der Waals surface area (Å²) in [4.78, 5) is 24.6. The van der Waals surface area contributed by atoms with E-state index in [9.17, 15) is 18.0 Å². The van der Waals surface area contributed by atoms with Crippen molar-refractivity contribution in [1.29, 1.82) is 0 Å². The van der Waals surface area contributed by atoms with Crippen molar-refractivity contribution in [1.82, 2.24) is 5.32 Å². The second kappa shape index (κ2) is 11.2. The number of hydrogen-bond acceptors (Lipinski definition) is 5. The summed E-state index contributed by atoms with van der Waals surface area (Å²) >= 11 is 11.6. The van der Waals surface area contributed by atoms with Gasteiger partial charge in [-0.15, -0.1) is 0 Å². The number of Topliss-reactive ketones (excluding diaryl/α,β-unsaturated/α-hetero) is 1. The van der Waals surface area contributed by atoms with Gasteiger partial charge in [-0.25, -0.2) is 8.42 Å². The molecule has 0 unspecified atom stereocenters. The molecular weight excluding hydrogens is 473 g/mol. The van der Waals surface area contributed by atoms with E-state index in [1.807, 2.05) is 0 Å². The first-order valence-electron chi connectivity index (χ1n) is 10.4. The van der Waals surface area contributed by atoms with Crippen LogP contribution >= 0.6 is 23.2 Å². The first kappa shape index (κ1) is 24.6. The van der Waals surface area contributed by atoms with Gasteiger partial charge in [-0.1, -0.05) is 23.2 Å². The van der Waals surface area contributed by atoms with Gasteiger partial charge in [0, 0.05) is 22.5 Å². The molecule has 0 aromatic heterocycles. The van der Waals surface area contributed by atoms with E-state index in [1.54, 1.807) is 24.3 Å². The van der Waals surface area contributed by atoms with Crippen LogP contribution in [0.1, 0.15) is 32.1 Å². The molecule has 0 radical (unpaired) electrons. The minimum atomic E-state index is -3.72. The number of halogens is 2. The largest absolute Gasteiger partial charge is 0.486 e. The summed E-state index contributed by atoms with van der Waals surface area (Å²) in [6.07, 6.45) is 3.44. The van der Waals surface area contributed by atoms with Gasteiger partial charge in [0.15, 0.2) is 15.6 Å². The fourth-order valence-electron chi connectivity index (χ4n) is 3.75. The fourth-order valence-corrected chi connectivity index (χ4v) is 5.15. The average molecular weight is 498 g/mol. The lowest BCUT2D eigenvalue weighted by Gasteiger charge is -2.28. The number of hydrogen-bond donors (Lipinski definition) is 1. The Morgan fingerprint density at radius 2 is 1.47 bits per heavy atom. The third-order valence-corrected chi connectivity index (χ3v) is 7.57. The molecule has 9 heteroatoms. The topological polar surface area (TPSA) is 89.5 Å². The third-order valence-electron chi connectivity index (χ3n) is 5.44. The summed E-state index contributed by atoms with van der Waals surface area (Å²) in [6, 6.07) is 12.5. The van der Waals surface area contributed by atoms with Crippen LogP contribution in [0.5, 0.6) is 5.75 Å². The molecule has 1 amide bonds. The van der Waals surface area contributed by atoms with Gasteiger partial charge in [0.1, 0.15) is 18.1 Å². The Balaban J connectivity index is 1.38. The number of nitrogens with one attached hydrogen (secondary N) is 1. The number of ketones is 1. The Bertz CT molecular complexity index is 1030. The molecule has 0 spiro atoms. The summed E-state index contributed by atoms with van der Waals surface area (Å²) in [5, 5.41) is 3.85. The minimum absolute atomic E-state index is 0.0147. The molecule has 1 N–H and O–H groups in total. The molecule has 2 aromatic carbocycles. The van der Waals surface area contributed by atoms with Gasteiger partial charge in [0.2, 0.25) is 5.91 Å². The lowest BCUT2D eigenvalue weighted by Crippen LogP contribution is -2.40. The molecule has 2 aromatic rings. The van der Waals surface area contributed by atoms with Crippen LogP contribution in [0.4, 0.5) is 0 Å². The van der Waals surface area contributed by atoms with Gasteiger partial charge in [0.05, 0.1) is 4.90 Å². The molecule has 1 fully saturated rings. The van der Waals surface area contributed by atoms with Gasteiger partial charge in [0.25, 0.3) is 0 Å². The lowest BCUT2D eigenvalue weighted by molar-refractivity contribution is -0.123. The Morgan fingerprint density at radius 3 is 2.06 bits per heavy atom. The quantitative estimate of drug-likeness (QED) is 0.551. The van der Waals surface area contributed by atoms with E-state index in [2.05, 4.69) is 5.32 Å². The normalized spacial score (nSPS) is 18.7. The molecule has 0 aliphatic heterocycles. The van der Waals surface area contributed by atoms with Crippen molar-refractivity contribution in [3.05, 3.63) is 58.6 Å². The predicted octanol–water partition coefficient (Wildman–Crippen LogP) is 4.48. The van der Waals surface area contributed by atoms with Crippen LogP contribution in [0.3, 0.4) is 0 Å². The zero-order valence-electron chi connectivity index (χ0n) is 17.4. The maximum absolute atomic E-state index is 12.4. The van der Waals surface area contributed by atoms with Gasteiger partial charge >= 0.3 is 0 Å². The van der Waals surface area contributed by atoms with Crippen molar-refractivity contribution < 1.29 is 22.7 Å². The van der Waals surface area contributed by atoms with E-state index in [0.717, 1.165) is 12.8 Å². The first-order chi connectivity index (χ1) is 15.2. The second-order valence-electron chi connectivity index (χ2n) is 7.98. The number of carbonyl (C=O) groups is 2. The highest BCUT2D eigenvalue weighted by Gasteiger charge is 2.26. The molecular formula is C23H25Cl2NO5S. The average Bonchev–Trinajstić information content (AvgIpc) is 2.74. The summed E-state index contributed by atoms with van der Waals surface area (Å²) < 4.78 is 30.3. The molecule has 3 rings (SSSR count). The Labute approximate surface area is 198 Å². The number of carbonyl (C=O) groups excluding carboxylic acids is 2. The zero-order valence-corrected chi connectivity index (χ0v) is 19.8. The SMILES string of the molecule is O=C(COc1ccc(Cl)cc1)CC1CCC(NC(=O)CS(=O)(=O)c2ccc(Cl)cc2)CC1. The summed E-state index contributed by atoms with van der Waals surface area (Å²) in [7, 11) is -3.72. The monoisotopic (exact) mass is 497 g/mol. The van der Waals surface area contributed by atoms with Crippen LogP contribution in [-0.2, 0) is 19.4 Å². The fraction of sp³-hybridized carbons (Fsp3) is 0.391. The van der Waals surface area contributed by atoms with E-state index < -0.39 is 21.5 Å². The summed E-state index contributed by atoms with van der Waals surface area (Å²) in [5.41, 5.74) is 0. The zero-order chi connectivity index (χ0) is 23.1. The molecule has 1 aliphatic carbocycles. The van der Waals surface area contributed by atoms with Crippen LogP contribution in [0, 0.1) is 5.92 Å². The Kier molecular flexibility index (Phi) is 8.57. The molecule has 0 saturated heterocycles. The summed E-state index contributed by atoms with van der Waals surface area (Å²) in [6.45, 7) is 0.0147. The molecule has 6 nitrogen and oxygen atoms in total. The molecule has 0 heterocycles. The molecule has 1 saturated carbocycles. The van der Waals surface area contributed by atoms with Crippen molar-refractivity contribution >= 4 is 44.7 Å². The number of sulfone groups is 1. The van der Waals surface area contributed by atoms with E-state index in [4.69, 9.17) is 27.9 Å². The van der Waals surface area contributed by atoms with Crippen molar-refractivity contribution in [3.8, 4) is 5.75 Å². The van der Waals surface area contributed by atoms with Gasteiger partial charge < -0.3 is 10.1 Å². The molecule has 172 valence electrons. The van der Waals surface area contributed by atoms with E-state index >= 15 is 0 Å². The van der Waals surface area contributed by atoms with Crippen LogP contribution in [0.25, 0.3) is 0 Å². The highest BCUT2D eigenvalue weighted by atomic mass is 35.5. The highest BCUT2D eigenvalue weighted by molar-refractivity contribution is 7.92. The number of rotatable bonds is 9. The van der Waals surface area contributed by atoms with Crippen LogP contribution in [-0.4, -0.2) is 38.5 Å². The number of amides is 1. The standard InChI is InChI=1S/C23H25Cl2NO5S/c24-17-3-9-21(10-4-17)31-14-20(27)13-16-1-7-19(8-2-16)26-23(28)15-32(29,30)22-11-5-18(25)6-12-22/h3-6,9-12,16,19H,1-2,7-8,13-15H2,(H,26,28). The smallest absolute Gasteiger partial charge is 0.235 e. The highest BCUT2D eigenvalue weighted by Crippen LogP contribution is 2.27. The number of ether oxygens (including phenoxy) is 1. The minimum Gasteiger partial charge on any atom is -0.486 e. The van der Waals surface area contributed by atoms with E-state index in [1.165, 1.54) is 24.3 Å². The molecule has 0 bridgehead atoms. The predicted molar refractivity (Wildman–Crippen MR) is 124 cm³/mol. The third kappa shape index (κ3) is 7.50. The van der Waals surface area contributed by atoms with Gasteiger partial charge in [-0.05, 0) is 80.1 Å². The Hall–Kier alpha value is -2.09. The molecule has 32 heavy (non-hydrogen) atoms. The second-order valence-corrected chi connectivity index (χ2v) is 10.8. The lowest BCUT2D eigenvalue weighted by atomic mass is 9.83. The van der Waals surface area contributed by atoms with Crippen LogP contribution in [0.15, 0.2) is 53.4 Å². The number of benzene rings is 2. The maximum Gasteiger partial charge on any atom is 0.235 e. The van der Waals surface area contributed by atoms with Crippen molar-refractivity contribution in [2.75, 3.05) is 12.4 Å². The van der Waals surface area contributed by atoms with E-state index in [-0.39, 0.29) is 29.2 Å². The van der Waals surface area contributed by atoms with Crippen LogP contribution in [0.2, 0.25) is 10.0 Å². The van der Waals surface area contributed by atoms with Gasteiger partial charge in [-0.2, -0.15) is 0 Å². The van der Waals surface area contributed by atoms with Crippen molar-refractivity contribution in [2.24, 2.45) is 5.92 Å². The first-order valence-corrected chi connectivity index (χ1v) is 12.8. The van der Waals surface area contributed by atoms with Crippen molar-refractivity contribution in [3.63, 3.8) is 0 Å². The summed E-state index contributed by atoms with van der Waals surface area (Å²) in [5.74, 6) is -0.253. The molecule has 1 aliphatic rings. The van der Waals surface area contributed by atoms with Crippen molar-refractivity contribution in [2.45, 2.75) is 43.0 Å². The van der Waals surface area contributed by atoms with Gasteiger partial charge in [-0.3, -0.25) is 9.59 Å². The molecule has 0 atom stereocenters.